The Kier molecular flexibility index (Phi) is 11.3. The van der Waals surface area contributed by atoms with Crippen molar-refractivity contribution < 1.29 is 0 Å². The van der Waals surface area contributed by atoms with E-state index in [4.69, 9.17) is 0 Å². The van der Waals surface area contributed by atoms with Gasteiger partial charge in [0.25, 0.3) is 0 Å². The smallest absolute Gasteiger partial charge is 0.0497 e. The number of anilines is 6. The van der Waals surface area contributed by atoms with Gasteiger partial charge >= 0.3 is 0 Å². The van der Waals surface area contributed by atoms with Crippen molar-refractivity contribution in [3.8, 4) is 22.3 Å². The first kappa shape index (κ1) is 37.7. The highest BCUT2D eigenvalue weighted by atomic mass is 15.2. The highest BCUT2D eigenvalue weighted by molar-refractivity contribution is 5.87. The number of hydrogen-bond donors (Lipinski definition) is 0. The first-order valence-corrected chi connectivity index (χ1v) is 20.1. The summed E-state index contributed by atoms with van der Waals surface area (Å²) >= 11 is 0. The Hall–Kier alpha value is -7.16. The molecule has 2 nitrogen and oxygen atoms in total. The summed E-state index contributed by atoms with van der Waals surface area (Å²) in [6.45, 7) is 12.1. The van der Waals surface area contributed by atoms with Crippen molar-refractivity contribution in [2.75, 3.05) is 9.80 Å². The molecular formula is C56H48N2. The van der Waals surface area contributed by atoms with Crippen LogP contribution in [0.5, 0.6) is 0 Å². The van der Waals surface area contributed by atoms with Crippen molar-refractivity contribution in [3.05, 3.63) is 242 Å². The van der Waals surface area contributed by atoms with Crippen LogP contribution in [0.2, 0.25) is 0 Å². The number of allylic oxidation sites excluding steroid dienone is 8. The Balaban J connectivity index is 1.13. The van der Waals surface area contributed by atoms with E-state index in [1.807, 2.05) is 12.2 Å². The molecule has 0 saturated carbocycles. The molecule has 8 rings (SSSR count). The molecule has 1 heterocycles. The number of fused-ring (bicyclic) bond motifs is 2. The number of nitrogens with zero attached hydrogens (tertiary/aromatic N) is 2. The van der Waals surface area contributed by atoms with Gasteiger partial charge in [-0.05, 0) is 136 Å². The van der Waals surface area contributed by atoms with Gasteiger partial charge in [-0.3, -0.25) is 0 Å². The van der Waals surface area contributed by atoms with Gasteiger partial charge < -0.3 is 9.80 Å². The highest BCUT2D eigenvalue weighted by Gasteiger charge is 2.24. The summed E-state index contributed by atoms with van der Waals surface area (Å²) < 4.78 is 0. The lowest BCUT2D eigenvalue weighted by Crippen LogP contribution is -2.18. The number of benzene rings is 7. The Morgan fingerprint density at radius 1 is 0.569 bits per heavy atom. The van der Waals surface area contributed by atoms with E-state index in [1.54, 1.807) is 6.08 Å². The first-order chi connectivity index (χ1) is 28.6. The Morgan fingerprint density at radius 3 is 1.72 bits per heavy atom. The third-order valence-corrected chi connectivity index (χ3v) is 10.8. The lowest BCUT2D eigenvalue weighted by Gasteiger charge is -2.34. The van der Waals surface area contributed by atoms with Gasteiger partial charge in [0.2, 0.25) is 0 Å². The summed E-state index contributed by atoms with van der Waals surface area (Å²) in [6.07, 6.45) is 14.1. The number of rotatable bonds is 12. The second-order valence-electron chi connectivity index (χ2n) is 14.5. The Labute approximate surface area is 344 Å². The summed E-state index contributed by atoms with van der Waals surface area (Å²) in [5.41, 5.74) is 18.9. The zero-order valence-electron chi connectivity index (χ0n) is 33.4. The van der Waals surface area contributed by atoms with Crippen LogP contribution < -0.4 is 9.80 Å². The summed E-state index contributed by atoms with van der Waals surface area (Å²) in [5.74, 6) is 0. The number of hydrogen-bond acceptors (Lipinski definition) is 2. The molecule has 2 heteroatoms. The quantitative estimate of drug-likeness (QED) is 0.115. The molecule has 0 unspecified atom stereocenters. The molecule has 58 heavy (non-hydrogen) atoms. The normalized spacial score (nSPS) is 12.6. The van der Waals surface area contributed by atoms with E-state index < -0.39 is 0 Å². The van der Waals surface area contributed by atoms with Crippen LogP contribution in [0.3, 0.4) is 0 Å². The first-order valence-electron chi connectivity index (χ1n) is 20.1. The van der Waals surface area contributed by atoms with Crippen molar-refractivity contribution in [2.24, 2.45) is 0 Å². The van der Waals surface area contributed by atoms with Gasteiger partial charge in [-0.25, -0.2) is 0 Å². The van der Waals surface area contributed by atoms with Crippen LogP contribution in [0.1, 0.15) is 42.5 Å². The molecule has 7 aromatic carbocycles. The molecule has 0 aromatic heterocycles. The third-order valence-electron chi connectivity index (χ3n) is 10.8. The van der Waals surface area contributed by atoms with E-state index in [1.165, 1.54) is 55.9 Å². The minimum atomic E-state index is 0.876. The molecule has 0 amide bonds. The van der Waals surface area contributed by atoms with Gasteiger partial charge in [0, 0.05) is 40.5 Å². The van der Waals surface area contributed by atoms with Crippen molar-refractivity contribution in [1.29, 1.82) is 0 Å². The van der Waals surface area contributed by atoms with Crippen LogP contribution in [0.15, 0.2) is 219 Å². The minimum absolute atomic E-state index is 0.876. The van der Waals surface area contributed by atoms with Crippen molar-refractivity contribution in [2.45, 2.75) is 26.7 Å². The average Bonchev–Trinajstić information content (AvgIpc) is 3.28. The Bertz CT molecular complexity index is 2620. The largest absolute Gasteiger partial charge is 0.311 e. The van der Waals surface area contributed by atoms with Gasteiger partial charge in [0.1, 0.15) is 0 Å². The van der Waals surface area contributed by atoms with Crippen molar-refractivity contribution >= 4 is 45.3 Å². The molecule has 0 aliphatic carbocycles. The molecule has 0 bridgehead atoms. The fraction of sp³-hybridized carbons (Fsp3) is 0.0714. The second-order valence-corrected chi connectivity index (χ2v) is 14.5. The summed E-state index contributed by atoms with van der Waals surface area (Å²) in [4.78, 5) is 4.74. The molecule has 282 valence electrons. The topological polar surface area (TPSA) is 6.48 Å². The van der Waals surface area contributed by atoms with Crippen molar-refractivity contribution in [3.63, 3.8) is 0 Å². The minimum Gasteiger partial charge on any atom is -0.311 e. The van der Waals surface area contributed by atoms with E-state index >= 15 is 0 Å². The molecule has 7 aromatic rings. The highest BCUT2D eigenvalue weighted by Crippen LogP contribution is 2.45. The van der Waals surface area contributed by atoms with Crippen LogP contribution in [-0.2, 0) is 6.42 Å². The molecular weight excluding hydrogens is 701 g/mol. The monoisotopic (exact) mass is 748 g/mol. The molecule has 0 radical (unpaired) electrons. The van der Waals surface area contributed by atoms with Gasteiger partial charge in [-0.15, -0.1) is 0 Å². The molecule has 0 atom stereocenters. The fourth-order valence-corrected chi connectivity index (χ4v) is 8.00. The maximum Gasteiger partial charge on any atom is 0.0497 e. The van der Waals surface area contributed by atoms with E-state index in [-0.39, 0.29) is 0 Å². The van der Waals surface area contributed by atoms with E-state index in [0.29, 0.717) is 0 Å². The van der Waals surface area contributed by atoms with Crippen LogP contribution in [-0.4, -0.2) is 0 Å². The Morgan fingerprint density at radius 2 is 1.10 bits per heavy atom. The van der Waals surface area contributed by atoms with E-state index in [2.05, 4.69) is 225 Å². The molecule has 0 saturated heterocycles. The summed E-state index contributed by atoms with van der Waals surface area (Å²) in [6, 6.07) is 61.8. The van der Waals surface area contributed by atoms with Gasteiger partial charge in [-0.1, -0.05) is 160 Å². The lowest BCUT2D eigenvalue weighted by atomic mass is 9.92. The van der Waals surface area contributed by atoms with Crippen molar-refractivity contribution in [1.82, 2.24) is 0 Å². The molecule has 0 N–H and O–H groups in total. The summed E-state index contributed by atoms with van der Waals surface area (Å²) in [5, 5.41) is 0. The molecule has 0 fully saturated rings. The van der Waals surface area contributed by atoms with Gasteiger partial charge in [0.15, 0.2) is 0 Å². The maximum absolute atomic E-state index is 4.00. The van der Waals surface area contributed by atoms with E-state index in [0.717, 1.165) is 46.7 Å². The SMILES string of the molecule is C=C/C=C(\C=C)c1ccc(N2c3ccccc3Cc3cc(-c4ccc(N(c5ccc(C(/C=C\C)=C/CC)cc5)c5ccc(-c6ccccc6)cc5)cc4)ccc32)cc1. The zero-order valence-corrected chi connectivity index (χ0v) is 33.4. The molecule has 1 aliphatic heterocycles. The fourth-order valence-electron chi connectivity index (χ4n) is 8.00. The van der Waals surface area contributed by atoms with Crippen LogP contribution in [0.25, 0.3) is 33.4 Å². The van der Waals surface area contributed by atoms with Gasteiger partial charge in [-0.2, -0.15) is 0 Å². The predicted octanol–water partition coefficient (Wildman–Crippen LogP) is 16.0. The van der Waals surface area contributed by atoms with Crippen LogP contribution >= 0.6 is 0 Å². The second kappa shape index (κ2) is 17.3. The van der Waals surface area contributed by atoms with Crippen LogP contribution in [0, 0.1) is 0 Å². The molecule has 1 aliphatic rings. The number of para-hydroxylation sites is 1. The predicted molar refractivity (Wildman–Crippen MR) is 251 cm³/mol. The summed E-state index contributed by atoms with van der Waals surface area (Å²) in [7, 11) is 0. The standard InChI is InChI=1S/C56H48N2/c1-5-14-41(8-4)44-21-36-54(37-22-44)58-55-20-13-12-19-49(55)40-50-39-48(29-38-56(50)58)47-27-34-53(35-28-47)57(51-30-23-45(24-31-51)42(15-6-2)16-7-3)52-32-25-46(26-33-52)43-17-10-9-11-18-43/h5-6,8-39H,1,4,7,40H2,2-3H3/b15-6-,41-14+,42-16+. The van der Waals surface area contributed by atoms with E-state index in [9.17, 15) is 0 Å². The van der Waals surface area contributed by atoms with Gasteiger partial charge in [0.05, 0.1) is 0 Å². The van der Waals surface area contributed by atoms with Crippen LogP contribution in [0.4, 0.5) is 34.1 Å². The third kappa shape index (κ3) is 7.78. The maximum atomic E-state index is 4.00. The lowest BCUT2D eigenvalue weighted by molar-refractivity contribution is 1.09. The zero-order chi connectivity index (χ0) is 39.8. The average molecular weight is 749 g/mol. The molecule has 0 spiro atoms.